The standard InChI is InChI=1S/C18H18O4/c1-11-12-5-9-22-16(12)14(13-6-10-21-15(11)13)18(17(19)20)7-3-2-4-8-18/h5-6,9-10H,2-4,7-8H2,1H3,(H,19,20). The van der Waals surface area contributed by atoms with Crippen LogP contribution < -0.4 is 0 Å². The number of carbonyl (C=O) groups is 1. The van der Waals surface area contributed by atoms with E-state index in [9.17, 15) is 9.90 Å². The van der Waals surface area contributed by atoms with E-state index in [1.807, 2.05) is 19.1 Å². The zero-order valence-electron chi connectivity index (χ0n) is 12.5. The van der Waals surface area contributed by atoms with Crippen molar-refractivity contribution in [3.8, 4) is 0 Å². The van der Waals surface area contributed by atoms with E-state index in [-0.39, 0.29) is 0 Å². The van der Waals surface area contributed by atoms with Crippen LogP contribution in [0.5, 0.6) is 0 Å². The highest BCUT2D eigenvalue weighted by atomic mass is 16.4. The number of hydrogen-bond donors (Lipinski definition) is 1. The monoisotopic (exact) mass is 298 g/mol. The molecule has 22 heavy (non-hydrogen) atoms. The van der Waals surface area contributed by atoms with Crippen LogP contribution in [-0.4, -0.2) is 11.1 Å². The normalized spacial score (nSPS) is 18.0. The van der Waals surface area contributed by atoms with Gasteiger partial charge < -0.3 is 13.9 Å². The average Bonchev–Trinajstić information content (AvgIpc) is 3.17. The van der Waals surface area contributed by atoms with Gasteiger partial charge in [-0.25, -0.2) is 0 Å². The van der Waals surface area contributed by atoms with E-state index in [1.165, 1.54) is 0 Å². The number of hydrogen-bond acceptors (Lipinski definition) is 3. The second-order valence-corrected chi connectivity index (χ2v) is 6.27. The highest BCUT2D eigenvalue weighted by molar-refractivity contribution is 6.05. The number of aryl methyl sites for hydroxylation is 1. The van der Waals surface area contributed by atoms with Crippen LogP contribution in [0.25, 0.3) is 21.9 Å². The number of benzene rings is 1. The third kappa shape index (κ3) is 1.61. The first-order valence-corrected chi connectivity index (χ1v) is 7.76. The SMILES string of the molecule is Cc1c2ccoc2c(C2(C(=O)O)CCCCC2)c2ccoc12. The summed E-state index contributed by atoms with van der Waals surface area (Å²) in [5.41, 5.74) is 2.41. The third-order valence-corrected chi connectivity index (χ3v) is 5.17. The Hall–Kier alpha value is -2.23. The molecule has 0 radical (unpaired) electrons. The van der Waals surface area contributed by atoms with Gasteiger partial charge in [0.05, 0.1) is 17.9 Å². The van der Waals surface area contributed by atoms with Crippen LogP contribution in [-0.2, 0) is 10.2 Å². The average molecular weight is 298 g/mol. The van der Waals surface area contributed by atoms with Gasteiger partial charge in [0, 0.05) is 21.9 Å². The van der Waals surface area contributed by atoms with Crippen LogP contribution in [0.4, 0.5) is 0 Å². The molecule has 1 aliphatic carbocycles. The predicted octanol–water partition coefficient (Wildman–Crippen LogP) is 4.77. The van der Waals surface area contributed by atoms with E-state index in [0.29, 0.717) is 18.4 Å². The Balaban J connectivity index is 2.15. The fraction of sp³-hybridized carbons (Fsp3) is 0.389. The van der Waals surface area contributed by atoms with Crippen molar-refractivity contribution in [3.63, 3.8) is 0 Å². The van der Waals surface area contributed by atoms with E-state index >= 15 is 0 Å². The van der Waals surface area contributed by atoms with Gasteiger partial charge in [0.15, 0.2) is 0 Å². The van der Waals surface area contributed by atoms with Crippen molar-refractivity contribution in [2.75, 3.05) is 0 Å². The minimum absolute atomic E-state index is 0.654. The topological polar surface area (TPSA) is 63.6 Å². The van der Waals surface area contributed by atoms with E-state index in [1.54, 1.807) is 12.5 Å². The number of furan rings is 2. The lowest BCUT2D eigenvalue weighted by molar-refractivity contribution is -0.145. The zero-order chi connectivity index (χ0) is 15.3. The van der Waals surface area contributed by atoms with Gasteiger partial charge in [-0.2, -0.15) is 0 Å². The van der Waals surface area contributed by atoms with Gasteiger partial charge >= 0.3 is 5.97 Å². The van der Waals surface area contributed by atoms with Crippen molar-refractivity contribution in [1.82, 2.24) is 0 Å². The van der Waals surface area contributed by atoms with Gasteiger partial charge in [-0.3, -0.25) is 4.79 Å². The molecule has 0 saturated heterocycles. The molecule has 0 spiro atoms. The molecular formula is C18H18O4. The summed E-state index contributed by atoms with van der Waals surface area (Å²) in [4.78, 5) is 12.2. The summed E-state index contributed by atoms with van der Waals surface area (Å²) < 4.78 is 11.4. The molecule has 0 atom stereocenters. The second kappa shape index (κ2) is 4.63. The molecule has 0 unspecified atom stereocenters. The quantitative estimate of drug-likeness (QED) is 0.740. The molecular weight excluding hydrogens is 280 g/mol. The zero-order valence-corrected chi connectivity index (χ0v) is 12.5. The van der Waals surface area contributed by atoms with Crippen molar-refractivity contribution in [3.05, 3.63) is 35.8 Å². The van der Waals surface area contributed by atoms with Crippen LogP contribution in [0.3, 0.4) is 0 Å². The number of carboxylic acid groups (broad SMARTS) is 1. The fourth-order valence-corrected chi connectivity index (χ4v) is 4.04. The first-order chi connectivity index (χ1) is 10.6. The van der Waals surface area contributed by atoms with Gasteiger partial charge in [-0.1, -0.05) is 19.3 Å². The molecule has 1 saturated carbocycles. The van der Waals surface area contributed by atoms with Crippen molar-refractivity contribution < 1.29 is 18.7 Å². The molecule has 4 heteroatoms. The maximum atomic E-state index is 12.2. The Labute approximate surface area is 127 Å². The first-order valence-electron chi connectivity index (χ1n) is 7.76. The summed E-state index contributed by atoms with van der Waals surface area (Å²) in [6, 6.07) is 3.77. The van der Waals surface area contributed by atoms with Crippen LogP contribution in [0.1, 0.15) is 43.2 Å². The predicted molar refractivity (Wildman–Crippen MR) is 83.1 cm³/mol. The summed E-state index contributed by atoms with van der Waals surface area (Å²) in [7, 11) is 0. The largest absolute Gasteiger partial charge is 0.481 e. The Bertz CT molecular complexity index is 810. The molecule has 114 valence electrons. The lowest BCUT2D eigenvalue weighted by atomic mass is 9.68. The molecule has 1 aromatic carbocycles. The van der Waals surface area contributed by atoms with Crippen molar-refractivity contribution in [2.24, 2.45) is 0 Å². The summed E-state index contributed by atoms with van der Waals surface area (Å²) in [5.74, 6) is -0.753. The fourth-order valence-electron chi connectivity index (χ4n) is 4.04. The lowest BCUT2D eigenvalue weighted by Gasteiger charge is -2.34. The van der Waals surface area contributed by atoms with Crippen molar-refractivity contribution in [2.45, 2.75) is 44.4 Å². The second-order valence-electron chi connectivity index (χ2n) is 6.27. The number of aliphatic carboxylic acids is 1. The summed E-state index contributed by atoms with van der Waals surface area (Å²) in [5, 5.41) is 11.9. The van der Waals surface area contributed by atoms with E-state index in [0.717, 1.165) is 46.7 Å². The number of carboxylic acids is 1. The molecule has 1 fully saturated rings. The minimum Gasteiger partial charge on any atom is -0.481 e. The van der Waals surface area contributed by atoms with E-state index in [2.05, 4.69) is 0 Å². The smallest absolute Gasteiger partial charge is 0.314 e. The maximum Gasteiger partial charge on any atom is 0.314 e. The van der Waals surface area contributed by atoms with Crippen LogP contribution in [0.2, 0.25) is 0 Å². The number of fused-ring (bicyclic) bond motifs is 2. The van der Waals surface area contributed by atoms with Crippen LogP contribution >= 0.6 is 0 Å². The summed E-state index contributed by atoms with van der Waals surface area (Å²) >= 11 is 0. The van der Waals surface area contributed by atoms with Gasteiger partial charge in [0.1, 0.15) is 11.2 Å². The molecule has 1 aliphatic rings. The van der Waals surface area contributed by atoms with Crippen molar-refractivity contribution in [1.29, 1.82) is 0 Å². The summed E-state index contributed by atoms with van der Waals surface area (Å²) in [6.45, 7) is 1.99. The molecule has 4 rings (SSSR count). The van der Waals surface area contributed by atoms with E-state index in [4.69, 9.17) is 8.83 Å². The van der Waals surface area contributed by atoms with Gasteiger partial charge in [-0.05, 0) is 31.9 Å². The van der Waals surface area contributed by atoms with Gasteiger partial charge in [-0.15, -0.1) is 0 Å². The van der Waals surface area contributed by atoms with E-state index < -0.39 is 11.4 Å². The van der Waals surface area contributed by atoms with Gasteiger partial charge in [0.25, 0.3) is 0 Å². The first kappa shape index (κ1) is 13.4. The molecule has 3 aromatic rings. The highest BCUT2D eigenvalue weighted by Gasteiger charge is 2.45. The molecule has 1 N–H and O–H groups in total. The Morgan fingerprint density at radius 1 is 1.05 bits per heavy atom. The lowest BCUT2D eigenvalue weighted by Crippen LogP contribution is -2.38. The Kier molecular flexibility index (Phi) is 2.83. The molecule has 2 heterocycles. The summed E-state index contributed by atoms with van der Waals surface area (Å²) in [6.07, 6.45) is 7.54. The Morgan fingerprint density at radius 3 is 2.36 bits per heavy atom. The third-order valence-electron chi connectivity index (χ3n) is 5.17. The maximum absolute atomic E-state index is 12.2. The molecule has 0 amide bonds. The van der Waals surface area contributed by atoms with Crippen LogP contribution in [0, 0.1) is 6.92 Å². The van der Waals surface area contributed by atoms with Gasteiger partial charge in [0.2, 0.25) is 0 Å². The van der Waals surface area contributed by atoms with Crippen molar-refractivity contribution >= 4 is 27.9 Å². The molecule has 2 aromatic heterocycles. The number of rotatable bonds is 2. The highest BCUT2D eigenvalue weighted by Crippen LogP contribution is 2.47. The molecule has 0 bridgehead atoms. The molecule has 4 nitrogen and oxygen atoms in total. The Morgan fingerprint density at radius 2 is 1.68 bits per heavy atom. The molecule has 0 aliphatic heterocycles. The minimum atomic E-state index is -0.871. The van der Waals surface area contributed by atoms with Crippen LogP contribution in [0.15, 0.2) is 33.5 Å².